The largest absolute Gasteiger partial charge is 0.379 e. The predicted octanol–water partition coefficient (Wildman–Crippen LogP) is 3.15. The molecular formula is C20H24N2O4S2. The number of sulfonamides is 1. The monoisotopic (exact) mass is 420 g/mol. The van der Waals surface area contributed by atoms with Crippen molar-refractivity contribution in [3.63, 3.8) is 0 Å². The molecule has 0 saturated carbocycles. The first-order valence-electron chi connectivity index (χ1n) is 9.53. The smallest absolute Gasteiger partial charge is 0.256 e. The normalized spacial score (nSPS) is 20.5. The van der Waals surface area contributed by atoms with E-state index in [9.17, 15) is 13.2 Å². The highest BCUT2D eigenvalue weighted by molar-refractivity contribution is 7.89. The third-order valence-electron chi connectivity index (χ3n) is 5.37. The molecule has 1 fully saturated rings. The number of anilines is 1. The van der Waals surface area contributed by atoms with Crippen LogP contribution in [-0.4, -0.2) is 44.9 Å². The van der Waals surface area contributed by atoms with Gasteiger partial charge in [0.05, 0.1) is 23.7 Å². The standard InChI is InChI=1S/C20H24N2O4S2/c1-14-2-7-17-18(13-27-19(17)12-14)20(23)21-15-3-5-16(6-4-15)28(24,25)22-8-10-26-11-9-22/h3-6,13-14H,2,7-12H2,1H3,(H,21,23)/t14-/m1/s1. The van der Waals surface area contributed by atoms with Crippen LogP contribution in [0.2, 0.25) is 0 Å². The summed E-state index contributed by atoms with van der Waals surface area (Å²) in [5.41, 5.74) is 2.51. The maximum atomic E-state index is 12.7. The van der Waals surface area contributed by atoms with E-state index in [1.165, 1.54) is 14.7 Å². The van der Waals surface area contributed by atoms with Crippen molar-refractivity contribution in [2.24, 2.45) is 5.92 Å². The summed E-state index contributed by atoms with van der Waals surface area (Å²) < 4.78 is 32.0. The van der Waals surface area contributed by atoms with Crippen LogP contribution in [-0.2, 0) is 27.6 Å². The number of nitrogens with zero attached hydrogens (tertiary/aromatic N) is 1. The Hall–Kier alpha value is -1.74. The summed E-state index contributed by atoms with van der Waals surface area (Å²) >= 11 is 1.66. The first kappa shape index (κ1) is 19.6. The molecule has 0 bridgehead atoms. The van der Waals surface area contributed by atoms with Gasteiger partial charge in [0, 0.05) is 29.0 Å². The second-order valence-corrected chi connectivity index (χ2v) is 10.3. The van der Waals surface area contributed by atoms with Crippen LogP contribution in [0.15, 0.2) is 34.5 Å². The van der Waals surface area contributed by atoms with Gasteiger partial charge in [-0.05, 0) is 55.0 Å². The first-order valence-corrected chi connectivity index (χ1v) is 11.9. The second-order valence-electron chi connectivity index (χ2n) is 7.39. The third-order valence-corrected chi connectivity index (χ3v) is 8.33. The summed E-state index contributed by atoms with van der Waals surface area (Å²) in [5, 5.41) is 4.84. The Bertz CT molecular complexity index is 961. The molecule has 2 aliphatic rings. The maximum absolute atomic E-state index is 12.7. The molecule has 1 aliphatic carbocycles. The van der Waals surface area contributed by atoms with E-state index in [4.69, 9.17) is 4.74 Å². The average molecular weight is 421 g/mol. The lowest BCUT2D eigenvalue weighted by molar-refractivity contribution is 0.0730. The quantitative estimate of drug-likeness (QED) is 0.824. The number of morpholine rings is 1. The van der Waals surface area contributed by atoms with Crippen LogP contribution in [0, 0.1) is 5.92 Å². The molecule has 2 heterocycles. The van der Waals surface area contributed by atoms with Gasteiger partial charge in [-0.1, -0.05) is 6.92 Å². The zero-order valence-corrected chi connectivity index (χ0v) is 17.4. The number of ether oxygens (including phenoxy) is 1. The Kier molecular flexibility index (Phi) is 5.55. The van der Waals surface area contributed by atoms with Crippen LogP contribution in [0.5, 0.6) is 0 Å². The average Bonchev–Trinajstić information content (AvgIpc) is 3.12. The highest BCUT2D eigenvalue weighted by Gasteiger charge is 2.26. The van der Waals surface area contributed by atoms with Crippen LogP contribution in [0.25, 0.3) is 0 Å². The molecule has 1 amide bonds. The van der Waals surface area contributed by atoms with E-state index in [-0.39, 0.29) is 10.8 Å². The van der Waals surface area contributed by atoms with E-state index < -0.39 is 10.0 Å². The van der Waals surface area contributed by atoms with Crippen molar-refractivity contribution in [3.05, 3.63) is 45.6 Å². The number of fused-ring (bicyclic) bond motifs is 1. The number of hydrogen-bond donors (Lipinski definition) is 1. The van der Waals surface area contributed by atoms with E-state index >= 15 is 0 Å². The van der Waals surface area contributed by atoms with Gasteiger partial charge < -0.3 is 10.1 Å². The molecule has 1 aromatic carbocycles. The summed E-state index contributed by atoms with van der Waals surface area (Å²) in [6.07, 6.45) is 3.10. The Balaban J connectivity index is 1.47. The molecule has 1 saturated heterocycles. The number of benzene rings is 1. The molecule has 28 heavy (non-hydrogen) atoms. The van der Waals surface area contributed by atoms with Gasteiger partial charge in [-0.2, -0.15) is 4.31 Å². The molecule has 2 aromatic rings. The third kappa shape index (κ3) is 3.87. The fraction of sp³-hybridized carbons (Fsp3) is 0.450. The maximum Gasteiger partial charge on any atom is 0.256 e. The summed E-state index contributed by atoms with van der Waals surface area (Å²) in [7, 11) is -3.53. The van der Waals surface area contributed by atoms with Crippen LogP contribution >= 0.6 is 11.3 Å². The lowest BCUT2D eigenvalue weighted by Gasteiger charge is -2.26. The summed E-state index contributed by atoms with van der Waals surface area (Å²) in [6.45, 7) is 3.80. The summed E-state index contributed by atoms with van der Waals surface area (Å²) in [5.74, 6) is 0.541. The molecule has 4 rings (SSSR count). The van der Waals surface area contributed by atoms with Crippen LogP contribution in [0.3, 0.4) is 0 Å². The van der Waals surface area contributed by atoms with E-state index in [2.05, 4.69) is 12.2 Å². The highest BCUT2D eigenvalue weighted by atomic mass is 32.2. The summed E-state index contributed by atoms with van der Waals surface area (Å²) in [6, 6.07) is 6.38. The molecule has 150 valence electrons. The summed E-state index contributed by atoms with van der Waals surface area (Å²) in [4.78, 5) is 14.3. The van der Waals surface area contributed by atoms with Crippen molar-refractivity contribution in [1.29, 1.82) is 0 Å². The fourth-order valence-corrected chi connectivity index (χ4v) is 6.36. The molecule has 1 aromatic heterocycles. The molecular weight excluding hydrogens is 396 g/mol. The number of nitrogens with one attached hydrogen (secondary N) is 1. The zero-order chi connectivity index (χ0) is 19.7. The zero-order valence-electron chi connectivity index (χ0n) is 15.8. The minimum absolute atomic E-state index is 0.129. The lowest BCUT2D eigenvalue weighted by Crippen LogP contribution is -2.40. The van der Waals surface area contributed by atoms with Crippen LogP contribution < -0.4 is 5.32 Å². The van der Waals surface area contributed by atoms with Gasteiger partial charge in [-0.15, -0.1) is 11.3 Å². The molecule has 0 radical (unpaired) electrons. The minimum Gasteiger partial charge on any atom is -0.379 e. The van der Waals surface area contributed by atoms with Crippen molar-refractivity contribution >= 4 is 33.0 Å². The van der Waals surface area contributed by atoms with Gasteiger partial charge in [-0.3, -0.25) is 4.79 Å². The Labute approximate surface area is 169 Å². The van der Waals surface area contributed by atoms with E-state index in [0.29, 0.717) is 37.9 Å². The number of amides is 1. The first-order chi connectivity index (χ1) is 13.4. The highest BCUT2D eigenvalue weighted by Crippen LogP contribution is 2.33. The molecule has 1 N–H and O–H groups in total. The van der Waals surface area contributed by atoms with Crippen molar-refractivity contribution < 1.29 is 17.9 Å². The number of carbonyl (C=O) groups excluding carboxylic acids is 1. The predicted molar refractivity (Wildman–Crippen MR) is 109 cm³/mol. The molecule has 0 unspecified atom stereocenters. The molecule has 8 heteroatoms. The molecule has 1 aliphatic heterocycles. The van der Waals surface area contributed by atoms with Crippen molar-refractivity contribution in [2.75, 3.05) is 31.6 Å². The second kappa shape index (κ2) is 7.94. The van der Waals surface area contributed by atoms with Crippen molar-refractivity contribution in [1.82, 2.24) is 4.31 Å². The Morgan fingerprint density at radius 3 is 2.64 bits per heavy atom. The van der Waals surface area contributed by atoms with E-state index in [0.717, 1.165) is 24.8 Å². The SMILES string of the molecule is C[C@@H]1CCc2c(C(=O)Nc3ccc(S(=O)(=O)N4CCOCC4)cc3)csc2C1. The van der Waals surface area contributed by atoms with Gasteiger partial charge in [0.25, 0.3) is 5.91 Å². The van der Waals surface area contributed by atoms with Crippen molar-refractivity contribution in [2.45, 2.75) is 31.1 Å². The Morgan fingerprint density at radius 2 is 1.93 bits per heavy atom. The number of thiophene rings is 1. The fourth-order valence-electron chi connectivity index (χ4n) is 3.71. The van der Waals surface area contributed by atoms with Crippen LogP contribution in [0.4, 0.5) is 5.69 Å². The molecule has 1 atom stereocenters. The van der Waals surface area contributed by atoms with Crippen molar-refractivity contribution in [3.8, 4) is 0 Å². The van der Waals surface area contributed by atoms with Gasteiger partial charge >= 0.3 is 0 Å². The van der Waals surface area contributed by atoms with Crippen LogP contribution in [0.1, 0.15) is 34.1 Å². The van der Waals surface area contributed by atoms with Gasteiger partial charge in [-0.25, -0.2) is 8.42 Å². The van der Waals surface area contributed by atoms with Gasteiger partial charge in [0.1, 0.15) is 0 Å². The topological polar surface area (TPSA) is 75.7 Å². The molecule has 6 nitrogen and oxygen atoms in total. The molecule has 0 spiro atoms. The van der Waals surface area contributed by atoms with Gasteiger partial charge in [0.15, 0.2) is 0 Å². The van der Waals surface area contributed by atoms with E-state index in [1.807, 2.05) is 5.38 Å². The van der Waals surface area contributed by atoms with E-state index in [1.54, 1.807) is 35.6 Å². The minimum atomic E-state index is -3.53. The lowest BCUT2D eigenvalue weighted by atomic mass is 9.88. The number of rotatable bonds is 4. The Morgan fingerprint density at radius 1 is 1.21 bits per heavy atom. The van der Waals surface area contributed by atoms with Gasteiger partial charge in [0.2, 0.25) is 10.0 Å². The number of carbonyl (C=O) groups is 1. The number of hydrogen-bond acceptors (Lipinski definition) is 5.